The zero-order chi connectivity index (χ0) is 15.1. The Labute approximate surface area is 130 Å². The molecule has 2 nitrogen and oxygen atoms in total. The zero-order valence-corrected chi connectivity index (χ0v) is 14.0. The first-order valence-electron chi connectivity index (χ1n) is 8.67. The van der Waals surface area contributed by atoms with Crippen molar-refractivity contribution in [2.75, 3.05) is 20.6 Å². The van der Waals surface area contributed by atoms with Gasteiger partial charge in [-0.25, -0.2) is 0 Å². The first-order chi connectivity index (χ1) is 10.2. The highest BCUT2D eigenvalue weighted by Gasteiger charge is 2.27. The minimum Gasteiger partial charge on any atom is -0.313 e. The number of hydrogen-bond donors (Lipinski definition) is 1. The van der Waals surface area contributed by atoms with Crippen molar-refractivity contribution in [1.82, 2.24) is 10.2 Å². The second-order valence-corrected chi connectivity index (χ2v) is 6.67. The summed E-state index contributed by atoms with van der Waals surface area (Å²) in [6, 6.07) is 12.1. The largest absolute Gasteiger partial charge is 0.313 e. The van der Waals surface area contributed by atoms with Gasteiger partial charge < -0.3 is 10.2 Å². The number of piperidine rings is 1. The molecular weight excluding hydrogens is 256 g/mol. The second kappa shape index (κ2) is 8.55. The van der Waals surface area contributed by atoms with E-state index < -0.39 is 0 Å². The van der Waals surface area contributed by atoms with Crippen LogP contribution in [0.1, 0.15) is 57.1 Å². The Morgan fingerprint density at radius 1 is 1.24 bits per heavy atom. The molecule has 1 aliphatic heterocycles. The van der Waals surface area contributed by atoms with Crippen LogP contribution in [-0.2, 0) is 0 Å². The Morgan fingerprint density at radius 2 is 2.00 bits per heavy atom. The minimum atomic E-state index is 0.478. The van der Waals surface area contributed by atoms with Crippen molar-refractivity contribution >= 4 is 0 Å². The van der Waals surface area contributed by atoms with Crippen molar-refractivity contribution < 1.29 is 0 Å². The molecule has 1 aromatic rings. The van der Waals surface area contributed by atoms with Crippen LogP contribution >= 0.6 is 0 Å². The summed E-state index contributed by atoms with van der Waals surface area (Å²) in [7, 11) is 4.41. The van der Waals surface area contributed by atoms with Gasteiger partial charge in [0.25, 0.3) is 0 Å². The van der Waals surface area contributed by atoms with Crippen LogP contribution in [-0.4, -0.2) is 31.6 Å². The van der Waals surface area contributed by atoms with Crippen LogP contribution in [0.5, 0.6) is 0 Å². The summed E-state index contributed by atoms with van der Waals surface area (Å²) in [4.78, 5) is 2.61. The van der Waals surface area contributed by atoms with Gasteiger partial charge in [0.05, 0.1) is 0 Å². The molecule has 3 atom stereocenters. The van der Waals surface area contributed by atoms with E-state index in [1.807, 2.05) is 0 Å². The van der Waals surface area contributed by atoms with Crippen LogP contribution in [0.25, 0.3) is 0 Å². The van der Waals surface area contributed by atoms with E-state index in [0.717, 1.165) is 12.0 Å². The number of nitrogens with zero attached hydrogens (tertiary/aromatic N) is 1. The number of likely N-dealkylation sites (tertiary alicyclic amines) is 1. The summed E-state index contributed by atoms with van der Waals surface area (Å²) in [5, 5.41) is 3.51. The van der Waals surface area contributed by atoms with Gasteiger partial charge in [0, 0.05) is 18.6 Å². The fourth-order valence-corrected chi connectivity index (χ4v) is 3.70. The molecule has 1 fully saturated rings. The maximum absolute atomic E-state index is 3.51. The predicted octanol–water partition coefficient (Wildman–Crippen LogP) is 4.24. The molecule has 1 saturated heterocycles. The van der Waals surface area contributed by atoms with Crippen LogP contribution in [0.4, 0.5) is 0 Å². The number of hydrogen-bond acceptors (Lipinski definition) is 2. The van der Waals surface area contributed by atoms with E-state index in [0.29, 0.717) is 6.04 Å². The molecule has 0 spiro atoms. The molecule has 0 aromatic heterocycles. The van der Waals surface area contributed by atoms with Crippen molar-refractivity contribution in [2.24, 2.45) is 5.92 Å². The van der Waals surface area contributed by atoms with Crippen LogP contribution in [0.2, 0.25) is 0 Å². The van der Waals surface area contributed by atoms with E-state index >= 15 is 0 Å². The molecule has 1 N–H and O–H groups in total. The zero-order valence-electron chi connectivity index (χ0n) is 14.0. The van der Waals surface area contributed by atoms with Gasteiger partial charge in [0.15, 0.2) is 0 Å². The summed E-state index contributed by atoms with van der Waals surface area (Å²) in [6.07, 6.45) is 8.14. The van der Waals surface area contributed by atoms with Gasteiger partial charge in [-0.15, -0.1) is 0 Å². The summed E-state index contributed by atoms with van der Waals surface area (Å²) < 4.78 is 0. The first-order valence-corrected chi connectivity index (χ1v) is 8.67. The maximum Gasteiger partial charge on any atom is 0.0332 e. The van der Waals surface area contributed by atoms with E-state index in [-0.39, 0.29) is 0 Å². The van der Waals surface area contributed by atoms with Crippen molar-refractivity contribution in [1.29, 1.82) is 0 Å². The van der Waals surface area contributed by atoms with Crippen LogP contribution < -0.4 is 5.32 Å². The summed E-state index contributed by atoms with van der Waals surface area (Å²) in [5.74, 6) is 0.927. The Hall–Kier alpha value is -0.860. The molecule has 21 heavy (non-hydrogen) atoms. The van der Waals surface area contributed by atoms with Gasteiger partial charge in [-0.1, -0.05) is 50.1 Å². The lowest BCUT2D eigenvalue weighted by molar-refractivity contribution is 0.117. The van der Waals surface area contributed by atoms with E-state index in [1.165, 1.54) is 50.6 Å². The molecule has 0 amide bonds. The molecule has 2 rings (SSSR count). The predicted molar refractivity (Wildman–Crippen MR) is 91.5 cm³/mol. The maximum atomic E-state index is 3.51. The lowest BCUT2D eigenvalue weighted by Crippen LogP contribution is -2.42. The first kappa shape index (κ1) is 16.5. The molecule has 1 aromatic carbocycles. The molecule has 118 valence electrons. The van der Waals surface area contributed by atoms with Gasteiger partial charge in [-0.2, -0.15) is 0 Å². The van der Waals surface area contributed by atoms with Crippen molar-refractivity contribution in [3.63, 3.8) is 0 Å². The van der Waals surface area contributed by atoms with Crippen molar-refractivity contribution in [3.05, 3.63) is 35.9 Å². The molecule has 3 unspecified atom stereocenters. The number of benzene rings is 1. The third-order valence-corrected chi connectivity index (χ3v) is 5.10. The van der Waals surface area contributed by atoms with Gasteiger partial charge in [0.1, 0.15) is 0 Å². The number of unbranched alkanes of at least 4 members (excludes halogenated alkanes) is 1. The highest BCUT2D eigenvalue weighted by molar-refractivity contribution is 5.19. The summed E-state index contributed by atoms with van der Waals surface area (Å²) in [5.41, 5.74) is 1.42. The Morgan fingerprint density at radius 3 is 2.62 bits per heavy atom. The molecule has 0 bridgehead atoms. The Bertz CT molecular complexity index is 390. The average molecular weight is 288 g/mol. The van der Waals surface area contributed by atoms with E-state index in [2.05, 4.69) is 61.6 Å². The smallest absolute Gasteiger partial charge is 0.0332 e. The average Bonchev–Trinajstić information content (AvgIpc) is 2.53. The van der Waals surface area contributed by atoms with Gasteiger partial charge in [0.2, 0.25) is 0 Å². The van der Waals surface area contributed by atoms with E-state index in [4.69, 9.17) is 0 Å². The topological polar surface area (TPSA) is 15.3 Å². The second-order valence-electron chi connectivity index (χ2n) is 6.67. The fraction of sp³-hybridized carbons (Fsp3) is 0.684. The summed E-state index contributed by atoms with van der Waals surface area (Å²) >= 11 is 0. The van der Waals surface area contributed by atoms with E-state index in [9.17, 15) is 0 Å². The third kappa shape index (κ3) is 4.82. The summed E-state index contributed by atoms with van der Waals surface area (Å²) in [6.45, 7) is 3.59. The number of nitrogens with one attached hydrogen (secondary N) is 1. The quantitative estimate of drug-likeness (QED) is 0.807. The molecule has 1 heterocycles. The normalized spacial score (nSPS) is 24.9. The molecule has 0 aliphatic carbocycles. The highest BCUT2D eigenvalue weighted by Crippen LogP contribution is 2.30. The molecule has 2 heteroatoms. The highest BCUT2D eigenvalue weighted by atomic mass is 15.1. The van der Waals surface area contributed by atoms with Crippen LogP contribution in [0, 0.1) is 5.92 Å². The minimum absolute atomic E-state index is 0.478. The van der Waals surface area contributed by atoms with Crippen molar-refractivity contribution in [3.8, 4) is 0 Å². The van der Waals surface area contributed by atoms with Gasteiger partial charge in [-0.05, 0) is 51.3 Å². The lowest BCUT2D eigenvalue weighted by Gasteiger charge is -2.39. The lowest BCUT2D eigenvalue weighted by atomic mass is 9.86. The molecule has 0 radical (unpaired) electrons. The fourth-order valence-electron chi connectivity index (χ4n) is 3.70. The Balaban J connectivity index is 1.88. The number of rotatable bonds is 7. The monoisotopic (exact) mass is 288 g/mol. The van der Waals surface area contributed by atoms with Crippen molar-refractivity contribution in [2.45, 2.75) is 57.5 Å². The third-order valence-electron chi connectivity index (χ3n) is 5.10. The van der Waals surface area contributed by atoms with Gasteiger partial charge >= 0.3 is 0 Å². The standard InChI is InChI=1S/C19H32N2/c1-4-5-9-16-12-13-18(21(3)15-16)14-19(20-2)17-10-7-6-8-11-17/h6-8,10-11,16,18-20H,4-5,9,12-15H2,1-3H3. The SMILES string of the molecule is CCCCC1CCC(CC(NC)c2ccccc2)N(C)C1. The molecule has 1 aliphatic rings. The molecule has 0 saturated carbocycles. The van der Waals surface area contributed by atoms with E-state index in [1.54, 1.807) is 0 Å². The molecular formula is C19H32N2. The van der Waals surface area contributed by atoms with Gasteiger partial charge in [-0.3, -0.25) is 0 Å². The Kier molecular flexibility index (Phi) is 6.72. The van der Waals surface area contributed by atoms with Crippen LogP contribution in [0.3, 0.4) is 0 Å². The van der Waals surface area contributed by atoms with Crippen LogP contribution in [0.15, 0.2) is 30.3 Å².